The summed E-state index contributed by atoms with van der Waals surface area (Å²) >= 11 is 0. The Morgan fingerprint density at radius 2 is 2.29 bits per heavy atom. The molecule has 2 rings (SSSR count). The number of amides is 1. The van der Waals surface area contributed by atoms with Crippen molar-refractivity contribution in [3.63, 3.8) is 0 Å². The van der Waals surface area contributed by atoms with Crippen LogP contribution in [0.15, 0.2) is 0 Å². The quantitative estimate of drug-likeness (QED) is 0.757. The number of likely N-dealkylation sites (tertiary alicyclic amines) is 1. The first-order chi connectivity index (χ1) is 8.29. The highest BCUT2D eigenvalue weighted by Crippen LogP contribution is 2.13. The SMILES string of the molecule is CCN1CCCC(NC(=O)[C@@H]2CCCNC2)C1. The first-order valence-electron chi connectivity index (χ1n) is 7.03. The zero-order valence-electron chi connectivity index (χ0n) is 10.9. The molecule has 4 heteroatoms. The third-order valence-corrected chi connectivity index (χ3v) is 3.97. The third-order valence-electron chi connectivity index (χ3n) is 3.97. The molecule has 2 atom stereocenters. The van der Waals surface area contributed by atoms with E-state index in [-0.39, 0.29) is 11.8 Å². The second kappa shape index (κ2) is 6.36. The van der Waals surface area contributed by atoms with E-state index < -0.39 is 0 Å². The van der Waals surface area contributed by atoms with Crippen LogP contribution in [0.5, 0.6) is 0 Å². The van der Waals surface area contributed by atoms with Gasteiger partial charge >= 0.3 is 0 Å². The Balaban J connectivity index is 1.77. The van der Waals surface area contributed by atoms with Gasteiger partial charge in [0.15, 0.2) is 0 Å². The summed E-state index contributed by atoms with van der Waals surface area (Å²) in [6, 6.07) is 0.373. The molecule has 0 aliphatic carbocycles. The van der Waals surface area contributed by atoms with E-state index >= 15 is 0 Å². The fourth-order valence-electron chi connectivity index (χ4n) is 2.86. The fraction of sp³-hybridized carbons (Fsp3) is 0.923. The highest BCUT2D eigenvalue weighted by atomic mass is 16.2. The van der Waals surface area contributed by atoms with Gasteiger partial charge in [-0.25, -0.2) is 0 Å². The zero-order valence-corrected chi connectivity index (χ0v) is 10.9. The maximum atomic E-state index is 12.1. The Hall–Kier alpha value is -0.610. The minimum Gasteiger partial charge on any atom is -0.352 e. The normalized spacial score (nSPS) is 31.1. The van der Waals surface area contributed by atoms with Crippen molar-refractivity contribution < 1.29 is 4.79 Å². The van der Waals surface area contributed by atoms with E-state index in [0.717, 1.165) is 45.4 Å². The van der Waals surface area contributed by atoms with Crippen LogP contribution in [-0.2, 0) is 4.79 Å². The topological polar surface area (TPSA) is 44.4 Å². The Kier molecular flexibility index (Phi) is 4.80. The third kappa shape index (κ3) is 3.68. The molecule has 1 amide bonds. The number of carbonyl (C=O) groups is 1. The Morgan fingerprint density at radius 1 is 1.41 bits per heavy atom. The second-order valence-electron chi connectivity index (χ2n) is 5.28. The number of carbonyl (C=O) groups excluding carboxylic acids is 1. The van der Waals surface area contributed by atoms with E-state index in [0.29, 0.717) is 6.04 Å². The molecule has 0 aromatic rings. The van der Waals surface area contributed by atoms with Gasteiger partial charge < -0.3 is 15.5 Å². The molecule has 0 aromatic heterocycles. The fourth-order valence-corrected chi connectivity index (χ4v) is 2.86. The van der Waals surface area contributed by atoms with Gasteiger partial charge in [-0.3, -0.25) is 4.79 Å². The molecule has 17 heavy (non-hydrogen) atoms. The van der Waals surface area contributed by atoms with Crippen LogP contribution in [0.4, 0.5) is 0 Å². The number of likely N-dealkylation sites (N-methyl/N-ethyl adjacent to an activating group) is 1. The van der Waals surface area contributed by atoms with Gasteiger partial charge in [0.1, 0.15) is 0 Å². The summed E-state index contributed by atoms with van der Waals surface area (Å²) in [6.07, 6.45) is 4.52. The van der Waals surface area contributed by atoms with Gasteiger partial charge in [0, 0.05) is 19.1 Å². The molecular formula is C13H25N3O. The monoisotopic (exact) mass is 239 g/mol. The molecule has 2 aliphatic rings. The summed E-state index contributed by atoms with van der Waals surface area (Å²) in [5.41, 5.74) is 0. The number of nitrogens with one attached hydrogen (secondary N) is 2. The summed E-state index contributed by atoms with van der Waals surface area (Å²) in [5.74, 6) is 0.459. The van der Waals surface area contributed by atoms with Crippen molar-refractivity contribution in [3.8, 4) is 0 Å². The average Bonchev–Trinajstić information content (AvgIpc) is 2.40. The number of piperidine rings is 2. The van der Waals surface area contributed by atoms with Gasteiger partial charge in [0.25, 0.3) is 0 Å². The van der Waals surface area contributed by atoms with Crippen LogP contribution in [0.2, 0.25) is 0 Å². The van der Waals surface area contributed by atoms with E-state index in [4.69, 9.17) is 0 Å². The minimum absolute atomic E-state index is 0.195. The van der Waals surface area contributed by atoms with Crippen molar-refractivity contribution in [2.24, 2.45) is 5.92 Å². The number of nitrogens with zero attached hydrogens (tertiary/aromatic N) is 1. The summed E-state index contributed by atoms with van der Waals surface area (Å²) in [7, 11) is 0. The zero-order chi connectivity index (χ0) is 12.1. The van der Waals surface area contributed by atoms with Crippen molar-refractivity contribution in [2.75, 3.05) is 32.7 Å². The van der Waals surface area contributed by atoms with Crippen molar-refractivity contribution >= 4 is 5.91 Å². The van der Waals surface area contributed by atoms with E-state index in [9.17, 15) is 4.79 Å². The smallest absolute Gasteiger partial charge is 0.224 e. The molecule has 0 saturated carbocycles. The van der Waals surface area contributed by atoms with Gasteiger partial charge in [0.05, 0.1) is 5.92 Å². The van der Waals surface area contributed by atoms with Crippen molar-refractivity contribution in [2.45, 2.75) is 38.6 Å². The molecule has 98 valence electrons. The highest BCUT2D eigenvalue weighted by Gasteiger charge is 2.25. The molecule has 2 fully saturated rings. The van der Waals surface area contributed by atoms with E-state index in [1.165, 1.54) is 13.0 Å². The molecule has 2 saturated heterocycles. The lowest BCUT2D eigenvalue weighted by atomic mass is 9.97. The molecule has 2 heterocycles. The molecule has 0 aromatic carbocycles. The van der Waals surface area contributed by atoms with Gasteiger partial charge in [-0.05, 0) is 45.3 Å². The summed E-state index contributed by atoms with van der Waals surface area (Å²) in [4.78, 5) is 14.5. The first kappa shape index (κ1) is 12.8. The largest absolute Gasteiger partial charge is 0.352 e. The molecule has 0 bridgehead atoms. The lowest BCUT2D eigenvalue weighted by Gasteiger charge is -2.33. The Bertz CT molecular complexity index is 251. The summed E-state index contributed by atoms with van der Waals surface area (Å²) in [5, 5.41) is 6.53. The summed E-state index contributed by atoms with van der Waals surface area (Å²) < 4.78 is 0. The molecule has 1 unspecified atom stereocenters. The maximum Gasteiger partial charge on any atom is 0.224 e. The van der Waals surface area contributed by atoms with Crippen LogP contribution in [-0.4, -0.2) is 49.6 Å². The summed E-state index contributed by atoms with van der Waals surface area (Å²) in [6.45, 7) is 7.43. The van der Waals surface area contributed by atoms with Crippen LogP contribution < -0.4 is 10.6 Å². The molecular weight excluding hydrogens is 214 g/mol. The predicted molar refractivity (Wildman–Crippen MR) is 68.9 cm³/mol. The molecule has 0 radical (unpaired) electrons. The van der Waals surface area contributed by atoms with Crippen molar-refractivity contribution in [3.05, 3.63) is 0 Å². The van der Waals surface area contributed by atoms with E-state index in [2.05, 4.69) is 22.5 Å². The number of hydrogen-bond donors (Lipinski definition) is 2. The van der Waals surface area contributed by atoms with Gasteiger partial charge in [-0.2, -0.15) is 0 Å². The molecule has 2 N–H and O–H groups in total. The minimum atomic E-state index is 0.195. The van der Waals surface area contributed by atoms with Crippen LogP contribution in [0.25, 0.3) is 0 Å². The lowest BCUT2D eigenvalue weighted by Crippen LogP contribution is -2.50. The van der Waals surface area contributed by atoms with Crippen LogP contribution in [0.3, 0.4) is 0 Å². The van der Waals surface area contributed by atoms with Crippen LogP contribution >= 0.6 is 0 Å². The molecule has 0 spiro atoms. The predicted octanol–water partition coefficient (Wildman–Crippen LogP) is 0.587. The van der Waals surface area contributed by atoms with Crippen molar-refractivity contribution in [1.29, 1.82) is 0 Å². The molecule has 2 aliphatic heterocycles. The highest BCUT2D eigenvalue weighted by molar-refractivity contribution is 5.79. The van der Waals surface area contributed by atoms with Crippen LogP contribution in [0, 0.1) is 5.92 Å². The number of hydrogen-bond acceptors (Lipinski definition) is 3. The van der Waals surface area contributed by atoms with Crippen LogP contribution in [0.1, 0.15) is 32.6 Å². The Morgan fingerprint density at radius 3 is 3.00 bits per heavy atom. The lowest BCUT2D eigenvalue weighted by molar-refractivity contribution is -0.126. The van der Waals surface area contributed by atoms with Gasteiger partial charge in [-0.15, -0.1) is 0 Å². The van der Waals surface area contributed by atoms with Crippen molar-refractivity contribution in [1.82, 2.24) is 15.5 Å². The Labute approximate surface area is 104 Å². The maximum absolute atomic E-state index is 12.1. The first-order valence-corrected chi connectivity index (χ1v) is 7.03. The van der Waals surface area contributed by atoms with Gasteiger partial charge in [0.2, 0.25) is 5.91 Å². The standard InChI is InChI=1S/C13H25N3O/c1-2-16-8-4-6-12(10-16)15-13(17)11-5-3-7-14-9-11/h11-12,14H,2-10H2,1H3,(H,15,17)/t11-,12?/m1/s1. The molecule has 4 nitrogen and oxygen atoms in total. The number of rotatable bonds is 3. The van der Waals surface area contributed by atoms with Gasteiger partial charge in [-0.1, -0.05) is 6.92 Å². The second-order valence-corrected chi connectivity index (χ2v) is 5.28. The van der Waals surface area contributed by atoms with E-state index in [1.807, 2.05) is 0 Å². The van der Waals surface area contributed by atoms with E-state index in [1.54, 1.807) is 0 Å². The average molecular weight is 239 g/mol.